The largest absolute Gasteiger partial charge is 0.396 e. The molecule has 90 valence electrons. The Morgan fingerprint density at radius 2 is 1.88 bits per heavy atom. The lowest BCUT2D eigenvalue weighted by molar-refractivity contribution is 0.00413. The van der Waals surface area contributed by atoms with Gasteiger partial charge in [-0.1, -0.05) is 22.0 Å². The third-order valence-electron chi connectivity index (χ3n) is 2.37. The molecular weight excluding hydrogens is 276 g/mol. The summed E-state index contributed by atoms with van der Waals surface area (Å²) in [7, 11) is 0. The molecule has 0 aliphatic rings. The van der Waals surface area contributed by atoms with Crippen molar-refractivity contribution < 1.29 is 20.4 Å². The van der Waals surface area contributed by atoms with Crippen molar-refractivity contribution >= 4 is 15.9 Å². The molecular formula is C11H15BrO4. The van der Waals surface area contributed by atoms with Crippen LogP contribution in [-0.4, -0.2) is 33.1 Å². The van der Waals surface area contributed by atoms with Crippen molar-refractivity contribution in [1.82, 2.24) is 0 Å². The molecule has 1 aromatic rings. The molecule has 0 bridgehead atoms. The lowest BCUT2D eigenvalue weighted by Gasteiger charge is -2.18. The summed E-state index contributed by atoms with van der Waals surface area (Å²) in [5.41, 5.74) is 1.17. The topological polar surface area (TPSA) is 80.9 Å². The Kier molecular flexibility index (Phi) is 5.37. The Morgan fingerprint density at radius 3 is 2.44 bits per heavy atom. The van der Waals surface area contributed by atoms with E-state index in [1.165, 1.54) is 0 Å². The minimum Gasteiger partial charge on any atom is -0.396 e. The number of aliphatic hydroxyl groups is 4. The fourth-order valence-corrected chi connectivity index (χ4v) is 1.78. The molecule has 0 fully saturated rings. The Labute approximate surface area is 102 Å². The summed E-state index contributed by atoms with van der Waals surface area (Å²) in [6, 6.07) is 4.99. The summed E-state index contributed by atoms with van der Waals surface area (Å²) in [5, 5.41) is 37.0. The van der Waals surface area contributed by atoms with Crippen LogP contribution in [0.2, 0.25) is 0 Å². The lowest BCUT2D eigenvalue weighted by Crippen LogP contribution is -2.19. The fraction of sp³-hybridized carbons (Fsp3) is 0.455. The highest BCUT2D eigenvalue weighted by atomic mass is 79.9. The zero-order chi connectivity index (χ0) is 12.1. The van der Waals surface area contributed by atoms with Gasteiger partial charge in [-0.15, -0.1) is 0 Å². The van der Waals surface area contributed by atoms with Crippen LogP contribution in [0.15, 0.2) is 22.7 Å². The predicted octanol–water partition coefficient (Wildman–Crippen LogP) is 0.718. The van der Waals surface area contributed by atoms with E-state index in [2.05, 4.69) is 15.9 Å². The molecule has 0 heterocycles. The van der Waals surface area contributed by atoms with Gasteiger partial charge >= 0.3 is 0 Å². The van der Waals surface area contributed by atoms with Gasteiger partial charge in [0.1, 0.15) is 6.10 Å². The molecule has 0 saturated heterocycles. The normalized spacial score (nSPS) is 14.8. The second kappa shape index (κ2) is 6.32. The van der Waals surface area contributed by atoms with Gasteiger partial charge in [-0.3, -0.25) is 0 Å². The SMILES string of the molecule is OCCC(O)C(O)c1ccc(Br)c(CO)c1. The quantitative estimate of drug-likeness (QED) is 0.644. The first-order chi connectivity index (χ1) is 7.60. The Balaban J connectivity index is 2.87. The van der Waals surface area contributed by atoms with Crippen LogP contribution in [0, 0.1) is 0 Å². The average Bonchev–Trinajstić information content (AvgIpc) is 2.29. The van der Waals surface area contributed by atoms with Crippen LogP contribution in [0.1, 0.15) is 23.7 Å². The van der Waals surface area contributed by atoms with E-state index >= 15 is 0 Å². The van der Waals surface area contributed by atoms with E-state index in [9.17, 15) is 10.2 Å². The van der Waals surface area contributed by atoms with Crippen molar-refractivity contribution in [2.45, 2.75) is 25.2 Å². The number of aliphatic hydroxyl groups excluding tert-OH is 4. The molecule has 2 atom stereocenters. The smallest absolute Gasteiger partial charge is 0.105 e. The van der Waals surface area contributed by atoms with Gasteiger partial charge < -0.3 is 20.4 Å². The molecule has 5 heteroatoms. The third-order valence-corrected chi connectivity index (χ3v) is 3.14. The van der Waals surface area contributed by atoms with Crippen molar-refractivity contribution in [2.75, 3.05) is 6.61 Å². The molecule has 0 aromatic heterocycles. The van der Waals surface area contributed by atoms with E-state index in [1.807, 2.05) is 0 Å². The highest BCUT2D eigenvalue weighted by Gasteiger charge is 2.18. The van der Waals surface area contributed by atoms with Gasteiger partial charge in [0.05, 0.1) is 12.7 Å². The maximum atomic E-state index is 9.77. The zero-order valence-corrected chi connectivity index (χ0v) is 10.3. The van der Waals surface area contributed by atoms with Gasteiger partial charge in [0, 0.05) is 11.1 Å². The molecule has 2 unspecified atom stereocenters. The van der Waals surface area contributed by atoms with E-state index in [4.69, 9.17) is 10.2 Å². The van der Waals surface area contributed by atoms with Gasteiger partial charge in [0.25, 0.3) is 0 Å². The van der Waals surface area contributed by atoms with Crippen molar-refractivity contribution in [2.24, 2.45) is 0 Å². The number of hydrogen-bond donors (Lipinski definition) is 4. The minimum atomic E-state index is -1.05. The Hall–Kier alpha value is -0.460. The standard InChI is InChI=1S/C11H15BrO4/c12-9-2-1-7(5-8(9)6-14)11(16)10(15)3-4-13/h1-2,5,10-11,13-16H,3-4,6H2. The molecule has 0 saturated carbocycles. The highest BCUT2D eigenvalue weighted by Crippen LogP contribution is 2.24. The van der Waals surface area contributed by atoms with Gasteiger partial charge in [0.2, 0.25) is 0 Å². The first-order valence-corrected chi connectivity index (χ1v) is 5.75. The monoisotopic (exact) mass is 290 g/mol. The second-order valence-electron chi connectivity index (χ2n) is 3.53. The van der Waals surface area contributed by atoms with E-state index in [0.717, 1.165) is 4.47 Å². The van der Waals surface area contributed by atoms with E-state index in [0.29, 0.717) is 11.1 Å². The predicted molar refractivity (Wildman–Crippen MR) is 62.7 cm³/mol. The average molecular weight is 291 g/mol. The van der Waals surface area contributed by atoms with Crippen molar-refractivity contribution in [3.63, 3.8) is 0 Å². The molecule has 16 heavy (non-hydrogen) atoms. The highest BCUT2D eigenvalue weighted by molar-refractivity contribution is 9.10. The van der Waals surface area contributed by atoms with Crippen LogP contribution in [0.25, 0.3) is 0 Å². The summed E-state index contributed by atoms with van der Waals surface area (Å²) >= 11 is 3.26. The molecule has 1 rings (SSSR count). The number of rotatable bonds is 5. The number of hydrogen-bond acceptors (Lipinski definition) is 4. The van der Waals surface area contributed by atoms with Gasteiger partial charge in [0.15, 0.2) is 0 Å². The molecule has 0 amide bonds. The summed E-state index contributed by atoms with van der Waals surface area (Å²) in [6.45, 7) is -0.321. The maximum Gasteiger partial charge on any atom is 0.105 e. The number of benzene rings is 1. The van der Waals surface area contributed by atoms with Crippen LogP contribution in [0.5, 0.6) is 0 Å². The van der Waals surface area contributed by atoms with E-state index in [1.54, 1.807) is 18.2 Å². The first-order valence-electron chi connectivity index (χ1n) is 4.96. The summed E-state index contributed by atoms with van der Waals surface area (Å²) < 4.78 is 0.752. The lowest BCUT2D eigenvalue weighted by atomic mass is 10.0. The van der Waals surface area contributed by atoms with Crippen LogP contribution in [0.4, 0.5) is 0 Å². The zero-order valence-electron chi connectivity index (χ0n) is 8.67. The summed E-state index contributed by atoms with van der Waals surface area (Å²) in [4.78, 5) is 0. The maximum absolute atomic E-state index is 9.77. The molecule has 0 aliphatic carbocycles. The van der Waals surface area contributed by atoms with E-state index < -0.39 is 12.2 Å². The van der Waals surface area contributed by atoms with Crippen molar-refractivity contribution in [3.05, 3.63) is 33.8 Å². The van der Waals surface area contributed by atoms with Crippen LogP contribution < -0.4 is 0 Å². The number of halogens is 1. The molecule has 0 radical (unpaired) electrons. The van der Waals surface area contributed by atoms with Crippen LogP contribution in [-0.2, 0) is 6.61 Å². The van der Waals surface area contributed by atoms with Gasteiger partial charge in [-0.05, 0) is 29.7 Å². The molecule has 4 nitrogen and oxygen atoms in total. The van der Waals surface area contributed by atoms with Crippen molar-refractivity contribution in [3.8, 4) is 0 Å². The van der Waals surface area contributed by atoms with Gasteiger partial charge in [-0.25, -0.2) is 0 Å². The Bertz CT molecular complexity index is 343. The summed E-state index contributed by atoms with van der Waals surface area (Å²) in [6.07, 6.45) is -1.94. The first kappa shape index (κ1) is 13.6. The minimum absolute atomic E-state index is 0.117. The summed E-state index contributed by atoms with van der Waals surface area (Å²) in [5.74, 6) is 0. The van der Waals surface area contributed by atoms with Gasteiger partial charge in [-0.2, -0.15) is 0 Å². The molecule has 0 aliphatic heterocycles. The van der Waals surface area contributed by atoms with Crippen LogP contribution in [0.3, 0.4) is 0 Å². The van der Waals surface area contributed by atoms with Crippen molar-refractivity contribution in [1.29, 1.82) is 0 Å². The Morgan fingerprint density at radius 1 is 1.19 bits per heavy atom. The molecule has 0 spiro atoms. The van der Waals surface area contributed by atoms with E-state index in [-0.39, 0.29) is 19.6 Å². The third kappa shape index (κ3) is 3.26. The fourth-order valence-electron chi connectivity index (χ4n) is 1.41. The molecule has 1 aromatic carbocycles. The van der Waals surface area contributed by atoms with Crippen LogP contribution >= 0.6 is 15.9 Å². The molecule has 4 N–H and O–H groups in total. The second-order valence-corrected chi connectivity index (χ2v) is 4.39.